The Labute approximate surface area is 119 Å². The summed E-state index contributed by atoms with van der Waals surface area (Å²) in [6.07, 6.45) is 0. The molecule has 0 radical (unpaired) electrons. The van der Waals surface area contributed by atoms with Crippen LogP contribution < -0.4 is 15.0 Å². The molecule has 0 fully saturated rings. The first-order valence-electron chi connectivity index (χ1n) is 6.44. The fourth-order valence-corrected chi connectivity index (χ4v) is 1.88. The second-order valence-electron chi connectivity index (χ2n) is 4.76. The van der Waals surface area contributed by atoms with Gasteiger partial charge in [-0.2, -0.15) is 0 Å². The first kappa shape index (κ1) is 14.2. The van der Waals surface area contributed by atoms with Gasteiger partial charge in [0.05, 0.1) is 12.8 Å². The van der Waals surface area contributed by atoms with Crippen LogP contribution in [0.5, 0.6) is 5.75 Å². The fourth-order valence-electron chi connectivity index (χ4n) is 1.88. The van der Waals surface area contributed by atoms with E-state index in [0.717, 1.165) is 11.3 Å². The van der Waals surface area contributed by atoms with Crippen LogP contribution in [0.15, 0.2) is 42.5 Å². The fraction of sp³-hybridized carbons (Fsp3) is 0.250. The maximum Gasteiger partial charge on any atom is 0.146 e. The third kappa shape index (κ3) is 3.41. The Kier molecular flexibility index (Phi) is 4.45. The molecule has 2 aromatic carbocycles. The van der Waals surface area contributed by atoms with Crippen LogP contribution in [0.3, 0.4) is 0 Å². The van der Waals surface area contributed by atoms with Crippen molar-refractivity contribution in [2.24, 2.45) is 0 Å². The predicted octanol–water partition coefficient (Wildman–Crippen LogP) is 3.51. The summed E-state index contributed by atoms with van der Waals surface area (Å²) in [4.78, 5) is 2.04. The summed E-state index contributed by atoms with van der Waals surface area (Å²) in [6, 6.07) is 12.8. The lowest BCUT2D eigenvalue weighted by molar-refractivity contribution is 0.414. The van der Waals surface area contributed by atoms with Gasteiger partial charge in [-0.3, -0.25) is 0 Å². The van der Waals surface area contributed by atoms with Gasteiger partial charge in [-0.15, -0.1) is 0 Å². The van der Waals surface area contributed by atoms with E-state index < -0.39 is 0 Å². The highest BCUT2D eigenvalue weighted by molar-refractivity contribution is 5.51. The standard InChI is InChI=1S/C16H19FN2O/c1-19(2)13-6-4-12(5-7-13)11-18-16-10-14(20-3)8-9-15(16)17/h4-10,18H,11H2,1-3H3. The van der Waals surface area contributed by atoms with E-state index in [2.05, 4.69) is 5.32 Å². The number of hydrogen-bond acceptors (Lipinski definition) is 3. The molecule has 0 atom stereocenters. The van der Waals surface area contributed by atoms with Crippen molar-refractivity contribution in [3.8, 4) is 5.75 Å². The molecule has 2 aromatic rings. The molecule has 0 spiro atoms. The van der Waals surface area contributed by atoms with Gasteiger partial charge in [0.15, 0.2) is 0 Å². The number of anilines is 2. The zero-order valence-corrected chi connectivity index (χ0v) is 12.0. The largest absolute Gasteiger partial charge is 0.497 e. The van der Waals surface area contributed by atoms with E-state index in [1.54, 1.807) is 19.2 Å². The summed E-state index contributed by atoms with van der Waals surface area (Å²) >= 11 is 0. The van der Waals surface area contributed by atoms with E-state index in [1.165, 1.54) is 6.07 Å². The molecule has 0 aliphatic rings. The summed E-state index contributed by atoms with van der Waals surface area (Å²) in [7, 11) is 5.56. The molecular formula is C16H19FN2O. The van der Waals surface area contributed by atoms with E-state index in [-0.39, 0.29) is 5.82 Å². The first-order valence-corrected chi connectivity index (χ1v) is 6.44. The van der Waals surface area contributed by atoms with Gasteiger partial charge in [0.25, 0.3) is 0 Å². The average Bonchev–Trinajstić information content (AvgIpc) is 2.47. The van der Waals surface area contributed by atoms with Crippen LogP contribution in [-0.2, 0) is 6.54 Å². The number of halogens is 1. The van der Waals surface area contributed by atoms with Crippen molar-refractivity contribution in [1.29, 1.82) is 0 Å². The van der Waals surface area contributed by atoms with Gasteiger partial charge < -0.3 is 15.0 Å². The molecule has 4 heteroatoms. The zero-order chi connectivity index (χ0) is 14.5. The number of nitrogens with one attached hydrogen (secondary N) is 1. The summed E-state index contributed by atoms with van der Waals surface area (Å²) < 4.78 is 18.7. The molecule has 0 bridgehead atoms. The van der Waals surface area contributed by atoms with Crippen LogP contribution in [0.2, 0.25) is 0 Å². The summed E-state index contributed by atoms with van der Waals surface area (Å²) in [6.45, 7) is 0.567. The maximum absolute atomic E-state index is 13.7. The Balaban J connectivity index is 2.04. The molecule has 0 saturated carbocycles. The van der Waals surface area contributed by atoms with Crippen LogP contribution in [0.4, 0.5) is 15.8 Å². The third-order valence-corrected chi connectivity index (χ3v) is 3.11. The molecule has 0 unspecified atom stereocenters. The van der Waals surface area contributed by atoms with Crippen molar-refractivity contribution < 1.29 is 9.13 Å². The van der Waals surface area contributed by atoms with Gasteiger partial charge in [0.2, 0.25) is 0 Å². The third-order valence-electron chi connectivity index (χ3n) is 3.11. The van der Waals surface area contributed by atoms with E-state index in [0.29, 0.717) is 18.0 Å². The highest BCUT2D eigenvalue weighted by Gasteiger charge is 2.04. The van der Waals surface area contributed by atoms with Crippen molar-refractivity contribution in [3.05, 3.63) is 53.8 Å². The van der Waals surface area contributed by atoms with E-state index >= 15 is 0 Å². The number of rotatable bonds is 5. The second-order valence-corrected chi connectivity index (χ2v) is 4.76. The number of hydrogen-bond donors (Lipinski definition) is 1. The van der Waals surface area contributed by atoms with Gasteiger partial charge in [-0.05, 0) is 29.8 Å². The quantitative estimate of drug-likeness (QED) is 0.903. The van der Waals surface area contributed by atoms with Gasteiger partial charge in [0, 0.05) is 32.4 Å². The Morgan fingerprint density at radius 1 is 1.10 bits per heavy atom. The van der Waals surface area contributed by atoms with Gasteiger partial charge in [-0.25, -0.2) is 4.39 Å². The lowest BCUT2D eigenvalue weighted by atomic mass is 10.2. The molecule has 20 heavy (non-hydrogen) atoms. The molecule has 0 amide bonds. The maximum atomic E-state index is 13.7. The Morgan fingerprint density at radius 3 is 2.40 bits per heavy atom. The van der Waals surface area contributed by atoms with Crippen molar-refractivity contribution >= 4 is 11.4 Å². The van der Waals surface area contributed by atoms with Crippen molar-refractivity contribution in [3.63, 3.8) is 0 Å². The molecule has 0 saturated heterocycles. The number of ether oxygens (including phenoxy) is 1. The molecule has 2 rings (SSSR count). The van der Waals surface area contributed by atoms with Crippen LogP contribution in [0, 0.1) is 5.82 Å². The summed E-state index contributed by atoms with van der Waals surface area (Å²) in [5.74, 6) is 0.354. The molecule has 0 heterocycles. The molecule has 1 N–H and O–H groups in total. The Morgan fingerprint density at radius 2 is 1.80 bits per heavy atom. The molecule has 106 valence electrons. The van der Waals surface area contributed by atoms with Crippen LogP contribution >= 0.6 is 0 Å². The minimum Gasteiger partial charge on any atom is -0.497 e. The minimum absolute atomic E-state index is 0.282. The van der Waals surface area contributed by atoms with E-state index in [4.69, 9.17) is 4.74 Å². The number of benzene rings is 2. The minimum atomic E-state index is -0.282. The first-order chi connectivity index (χ1) is 9.60. The predicted molar refractivity (Wildman–Crippen MR) is 81.0 cm³/mol. The number of methoxy groups -OCH3 is 1. The summed E-state index contributed by atoms with van der Waals surface area (Å²) in [5, 5.41) is 3.08. The number of nitrogens with zero attached hydrogens (tertiary/aromatic N) is 1. The Hall–Kier alpha value is -2.23. The van der Waals surface area contributed by atoms with Gasteiger partial charge in [0.1, 0.15) is 11.6 Å². The smallest absolute Gasteiger partial charge is 0.146 e. The van der Waals surface area contributed by atoms with E-state index in [9.17, 15) is 4.39 Å². The molecule has 0 aliphatic heterocycles. The lowest BCUT2D eigenvalue weighted by Gasteiger charge is -2.13. The van der Waals surface area contributed by atoms with Gasteiger partial charge in [-0.1, -0.05) is 12.1 Å². The average molecular weight is 274 g/mol. The monoisotopic (exact) mass is 274 g/mol. The van der Waals surface area contributed by atoms with Crippen LogP contribution in [0.1, 0.15) is 5.56 Å². The lowest BCUT2D eigenvalue weighted by Crippen LogP contribution is -2.08. The van der Waals surface area contributed by atoms with Crippen molar-refractivity contribution in [1.82, 2.24) is 0 Å². The summed E-state index contributed by atoms with van der Waals surface area (Å²) in [5.41, 5.74) is 2.68. The molecule has 3 nitrogen and oxygen atoms in total. The molecule has 0 aliphatic carbocycles. The van der Waals surface area contributed by atoms with Crippen LogP contribution in [0.25, 0.3) is 0 Å². The van der Waals surface area contributed by atoms with Gasteiger partial charge >= 0.3 is 0 Å². The molecule has 0 aromatic heterocycles. The second kappa shape index (κ2) is 6.28. The van der Waals surface area contributed by atoms with Crippen molar-refractivity contribution in [2.45, 2.75) is 6.54 Å². The molecular weight excluding hydrogens is 255 g/mol. The normalized spacial score (nSPS) is 10.2. The topological polar surface area (TPSA) is 24.5 Å². The SMILES string of the molecule is COc1ccc(F)c(NCc2ccc(N(C)C)cc2)c1. The highest BCUT2D eigenvalue weighted by Crippen LogP contribution is 2.22. The van der Waals surface area contributed by atoms with E-state index in [1.807, 2.05) is 43.3 Å². The Bertz CT molecular complexity index is 567. The zero-order valence-electron chi connectivity index (χ0n) is 12.0. The van der Waals surface area contributed by atoms with Crippen LogP contribution in [-0.4, -0.2) is 21.2 Å². The highest BCUT2D eigenvalue weighted by atomic mass is 19.1. The van der Waals surface area contributed by atoms with Crippen molar-refractivity contribution in [2.75, 3.05) is 31.4 Å².